The molecule has 1 atom stereocenters. The Labute approximate surface area is 110 Å². The molecule has 0 aliphatic carbocycles. The van der Waals surface area contributed by atoms with Crippen molar-refractivity contribution in [2.24, 2.45) is 5.73 Å². The second-order valence-corrected chi connectivity index (χ2v) is 5.08. The third-order valence-electron chi connectivity index (χ3n) is 2.87. The van der Waals surface area contributed by atoms with Crippen LogP contribution in [0.1, 0.15) is 18.4 Å². The van der Waals surface area contributed by atoms with Gasteiger partial charge in [-0.05, 0) is 53.4 Å². The van der Waals surface area contributed by atoms with Crippen LogP contribution in [0.5, 0.6) is 5.75 Å². The highest BCUT2D eigenvalue weighted by Gasteiger charge is 2.18. The number of halogens is 1. The summed E-state index contributed by atoms with van der Waals surface area (Å²) in [6, 6.07) is 6.08. The topological polar surface area (TPSA) is 44.5 Å². The normalized spacial score (nSPS) is 20.2. The molecule has 1 aromatic rings. The van der Waals surface area contributed by atoms with Crippen LogP contribution in [0.3, 0.4) is 0 Å². The average molecular weight is 300 g/mol. The number of para-hydroxylation sites is 1. The highest BCUT2D eigenvalue weighted by molar-refractivity contribution is 9.10. The Kier molecular flexibility index (Phi) is 4.83. The predicted octanol–water partition coefficient (Wildman–Crippen LogP) is 2.51. The van der Waals surface area contributed by atoms with Gasteiger partial charge in [-0.15, -0.1) is 0 Å². The number of nitrogens with two attached hydrogens (primary N) is 1. The first-order chi connectivity index (χ1) is 8.31. The van der Waals surface area contributed by atoms with Crippen LogP contribution < -0.4 is 10.5 Å². The molecule has 0 amide bonds. The molecule has 0 aromatic heterocycles. The SMILES string of the molecule is NCCc1cccc(Br)c1OC1CCCOC1. The van der Waals surface area contributed by atoms with Crippen LogP contribution in [0.2, 0.25) is 0 Å². The van der Waals surface area contributed by atoms with Crippen LogP contribution in [-0.4, -0.2) is 25.9 Å². The molecule has 2 N–H and O–H groups in total. The van der Waals surface area contributed by atoms with Crippen LogP contribution in [0.25, 0.3) is 0 Å². The molecule has 2 rings (SSSR count). The molecular formula is C13H18BrNO2. The van der Waals surface area contributed by atoms with Crippen molar-refractivity contribution in [2.75, 3.05) is 19.8 Å². The molecule has 1 aliphatic heterocycles. The van der Waals surface area contributed by atoms with E-state index in [0.29, 0.717) is 13.2 Å². The van der Waals surface area contributed by atoms with Crippen molar-refractivity contribution in [3.05, 3.63) is 28.2 Å². The molecule has 17 heavy (non-hydrogen) atoms. The molecule has 1 saturated heterocycles. The van der Waals surface area contributed by atoms with Crippen LogP contribution in [-0.2, 0) is 11.2 Å². The van der Waals surface area contributed by atoms with Crippen molar-refractivity contribution in [3.8, 4) is 5.75 Å². The maximum atomic E-state index is 6.04. The summed E-state index contributed by atoms with van der Waals surface area (Å²) in [5.41, 5.74) is 6.78. The average Bonchev–Trinajstić information content (AvgIpc) is 2.35. The van der Waals surface area contributed by atoms with Gasteiger partial charge in [0.05, 0.1) is 11.1 Å². The van der Waals surface area contributed by atoms with Crippen LogP contribution in [0.15, 0.2) is 22.7 Å². The number of ether oxygens (including phenoxy) is 2. The van der Waals surface area contributed by atoms with Gasteiger partial charge in [0.2, 0.25) is 0 Å². The standard InChI is InChI=1S/C13H18BrNO2/c14-12-5-1-3-10(6-7-15)13(12)17-11-4-2-8-16-9-11/h1,3,5,11H,2,4,6-9,15H2. The Morgan fingerprint density at radius 3 is 3.06 bits per heavy atom. The zero-order valence-corrected chi connectivity index (χ0v) is 11.4. The van der Waals surface area contributed by atoms with E-state index in [-0.39, 0.29) is 6.10 Å². The predicted molar refractivity (Wildman–Crippen MR) is 71.4 cm³/mol. The molecule has 1 aliphatic rings. The first kappa shape index (κ1) is 12.9. The van der Waals surface area contributed by atoms with E-state index in [4.69, 9.17) is 15.2 Å². The molecule has 4 heteroatoms. The summed E-state index contributed by atoms with van der Waals surface area (Å²) in [7, 11) is 0. The largest absolute Gasteiger partial charge is 0.487 e. The van der Waals surface area contributed by atoms with Gasteiger partial charge in [-0.25, -0.2) is 0 Å². The Morgan fingerprint density at radius 1 is 1.47 bits per heavy atom. The summed E-state index contributed by atoms with van der Waals surface area (Å²) in [5, 5.41) is 0. The zero-order valence-electron chi connectivity index (χ0n) is 9.82. The minimum atomic E-state index is 0.166. The van der Waals surface area contributed by atoms with Gasteiger partial charge >= 0.3 is 0 Å². The number of hydrogen-bond donors (Lipinski definition) is 1. The van der Waals surface area contributed by atoms with Crippen molar-refractivity contribution >= 4 is 15.9 Å². The fourth-order valence-corrected chi connectivity index (χ4v) is 2.51. The quantitative estimate of drug-likeness (QED) is 0.929. The van der Waals surface area contributed by atoms with E-state index in [1.807, 2.05) is 12.1 Å². The summed E-state index contributed by atoms with van der Waals surface area (Å²) in [6.07, 6.45) is 3.13. The van der Waals surface area contributed by atoms with Crippen molar-refractivity contribution < 1.29 is 9.47 Å². The molecule has 1 fully saturated rings. The van der Waals surface area contributed by atoms with Crippen molar-refractivity contribution in [1.29, 1.82) is 0 Å². The fourth-order valence-electron chi connectivity index (χ4n) is 2.01. The first-order valence-electron chi connectivity index (χ1n) is 6.03. The van der Waals surface area contributed by atoms with Gasteiger partial charge in [-0.3, -0.25) is 0 Å². The van der Waals surface area contributed by atoms with Gasteiger partial charge in [0.1, 0.15) is 11.9 Å². The molecule has 1 unspecified atom stereocenters. The first-order valence-corrected chi connectivity index (χ1v) is 6.82. The van der Waals surface area contributed by atoms with E-state index in [9.17, 15) is 0 Å². The lowest BCUT2D eigenvalue weighted by Crippen LogP contribution is -2.28. The summed E-state index contributed by atoms with van der Waals surface area (Å²) >= 11 is 3.54. The van der Waals surface area contributed by atoms with E-state index < -0.39 is 0 Å². The highest BCUT2D eigenvalue weighted by Crippen LogP contribution is 2.31. The van der Waals surface area contributed by atoms with E-state index in [1.165, 1.54) is 0 Å². The Balaban J connectivity index is 2.12. The minimum absolute atomic E-state index is 0.166. The van der Waals surface area contributed by atoms with Crippen molar-refractivity contribution in [1.82, 2.24) is 0 Å². The molecule has 94 valence electrons. The van der Waals surface area contributed by atoms with E-state index in [0.717, 1.165) is 41.7 Å². The molecule has 0 spiro atoms. The van der Waals surface area contributed by atoms with Gasteiger partial charge in [-0.2, -0.15) is 0 Å². The number of hydrogen-bond acceptors (Lipinski definition) is 3. The van der Waals surface area contributed by atoms with Gasteiger partial charge in [0.25, 0.3) is 0 Å². The Bertz CT molecular complexity index is 364. The summed E-state index contributed by atoms with van der Waals surface area (Å²) in [4.78, 5) is 0. The number of benzene rings is 1. The molecular weight excluding hydrogens is 282 g/mol. The van der Waals surface area contributed by atoms with E-state index in [2.05, 4.69) is 22.0 Å². The maximum Gasteiger partial charge on any atom is 0.137 e. The monoisotopic (exact) mass is 299 g/mol. The van der Waals surface area contributed by atoms with Gasteiger partial charge in [-0.1, -0.05) is 12.1 Å². The molecule has 0 bridgehead atoms. The summed E-state index contributed by atoms with van der Waals surface area (Å²) < 4.78 is 12.5. The summed E-state index contributed by atoms with van der Waals surface area (Å²) in [5.74, 6) is 0.924. The molecule has 0 radical (unpaired) electrons. The van der Waals surface area contributed by atoms with Crippen LogP contribution >= 0.6 is 15.9 Å². The van der Waals surface area contributed by atoms with E-state index in [1.54, 1.807) is 0 Å². The maximum absolute atomic E-state index is 6.04. The third-order valence-corrected chi connectivity index (χ3v) is 3.49. The van der Waals surface area contributed by atoms with Gasteiger partial charge in [0, 0.05) is 6.61 Å². The summed E-state index contributed by atoms with van der Waals surface area (Å²) in [6.45, 7) is 2.17. The van der Waals surface area contributed by atoms with Crippen molar-refractivity contribution in [3.63, 3.8) is 0 Å². The second kappa shape index (κ2) is 6.38. The lowest BCUT2D eigenvalue weighted by atomic mass is 10.1. The molecule has 1 heterocycles. The fraction of sp³-hybridized carbons (Fsp3) is 0.538. The van der Waals surface area contributed by atoms with Crippen LogP contribution in [0, 0.1) is 0 Å². The minimum Gasteiger partial charge on any atom is -0.487 e. The third kappa shape index (κ3) is 3.44. The van der Waals surface area contributed by atoms with Crippen molar-refractivity contribution in [2.45, 2.75) is 25.4 Å². The van der Waals surface area contributed by atoms with Gasteiger partial charge in [0.15, 0.2) is 0 Å². The molecule has 0 saturated carbocycles. The smallest absolute Gasteiger partial charge is 0.137 e. The lowest BCUT2D eigenvalue weighted by Gasteiger charge is -2.25. The Morgan fingerprint density at radius 2 is 2.35 bits per heavy atom. The zero-order chi connectivity index (χ0) is 12.1. The molecule has 3 nitrogen and oxygen atoms in total. The second-order valence-electron chi connectivity index (χ2n) is 4.22. The lowest BCUT2D eigenvalue weighted by molar-refractivity contribution is 0.00673. The molecule has 1 aromatic carbocycles. The van der Waals surface area contributed by atoms with Crippen LogP contribution in [0.4, 0.5) is 0 Å². The number of rotatable bonds is 4. The highest BCUT2D eigenvalue weighted by atomic mass is 79.9. The van der Waals surface area contributed by atoms with E-state index >= 15 is 0 Å². The Hall–Kier alpha value is -0.580. The van der Waals surface area contributed by atoms with Gasteiger partial charge < -0.3 is 15.2 Å².